The fourth-order valence-corrected chi connectivity index (χ4v) is 10.3. The SMILES string of the molecule is C1=CC(C2C=CCC(c3ccc4c(c3)c3ncccc3n4C3=CCCC(N4c5cccnc5C5C=C(C6=CCCC(C7=CCCN=C7)=C6)C=CC54)=C3)C2)CN=C1. The van der Waals surface area contributed by atoms with Crippen LogP contribution in [0, 0.1) is 11.8 Å². The maximum absolute atomic E-state index is 5.03. The lowest BCUT2D eigenvalue weighted by Gasteiger charge is -2.33. The molecule has 0 spiro atoms. The van der Waals surface area contributed by atoms with E-state index in [0.717, 1.165) is 69.1 Å². The van der Waals surface area contributed by atoms with Crippen molar-refractivity contribution in [2.24, 2.45) is 21.8 Å². The molecule has 0 saturated carbocycles. The van der Waals surface area contributed by atoms with E-state index in [1.807, 2.05) is 18.6 Å². The van der Waals surface area contributed by atoms with Gasteiger partial charge < -0.3 is 9.47 Å². The molecule has 0 N–H and O–H groups in total. The lowest BCUT2D eigenvalue weighted by atomic mass is 9.76. The predicted molar refractivity (Wildman–Crippen MR) is 231 cm³/mol. The third-order valence-corrected chi connectivity index (χ3v) is 13.0. The molecule has 6 nitrogen and oxygen atoms in total. The highest BCUT2D eigenvalue weighted by molar-refractivity contribution is 6.08. The molecule has 0 amide bonds. The zero-order valence-corrected chi connectivity index (χ0v) is 31.7. The molecular formula is C50H46N6. The van der Waals surface area contributed by atoms with Crippen LogP contribution in [-0.2, 0) is 0 Å². The van der Waals surface area contributed by atoms with Crippen molar-refractivity contribution in [1.29, 1.82) is 0 Å². The minimum Gasteiger partial charge on any atom is -0.336 e. The van der Waals surface area contributed by atoms with E-state index in [1.165, 1.54) is 61.5 Å². The number of allylic oxidation sites excluding steroid dienone is 14. The molecule has 56 heavy (non-hydrogen) atoms. The molecule has 11 rings (SSSR count). The van der Waals surface area contributed by atoms with Crippen molar-refractivity contribution in [3.63, 3.8) is 0 Å². The zero-order valence-electron chi connectivity index (χ0n) is 31.7. The maximum atomic E-state index is 5.03. The molecule has 6 heteroatoms. The Kier molecular flexibility index (Phi) is 8.37. The van der Waals surface area contributed by atoms with E-state index in [4.69, 9.17) is 9.97 Å². The smallest absolute Gasteiger partial charge is 0.0963 e. The van der Waals surface area contributed by atoms with Gasteiger partial charge >= 0.3 is 0 Å². The lowest BCUT2D eigenvalue weighted by molar-refractivity contribution is 0.396. The van der Waals surface area contributed by atoms with Crippen LogP contribution in [0.5, 0.6) is 0 Å². The van der Waals surface area contributed by atoms with Gasteiger partial charge in [0.15, 0.2) is 0 Å². The summed E-state index contributed by atoms with van der Waals surface area (Å²) in [6.45, 7) is 1.79. The monoisotopic (exact) mass is 730 g/mol. The van der Waals surface area contributed by atoms with Crippen LogP contribution in [0.3, 0.4) is 0 Å². The summed E-state index contributed by atoms with van der Waals surface area (Å²) in [6, 6.07) is 16.0. The summed E-state index contributed by atoms with van der Waals surface area (Å²) >= 11 is 0. The number of pyridine rings is 2. The minimum absolute atomic E-state index is 0.182. The predicted octanol–water partition coefficient (Wildman–Crippen LogP) is 10.9. The van der Waals surface area contributed by atoms with Gasteiger partial charge in [-0.2, -0.15) is 0 Å². The van der Waals surface area contributed by atoms with E-state index in [0.29, 0.717) is 17.8 Å². The van der Waals surface area contributed by atoms with E-state index in [1.54, 1.807) is 0 Å². The third-order valence-electron chi connectivity index (χ3n) is 13.0. The average Bonchev–Trinajstić information content (AvgIpc) is 3.79. The summed E-state index contributed by atoms with van der Waals surface area (Å²) in [5.41, 5.74) is 15.1. The largest absolute Gasteiger partial charge is 0.336 e. The van der Waals surface area contributed by atoms with Crippen LogP contribution in [0.4, 0.5) is 5.69 Å². The number of benzene rings is 1. The summed E-state index contributed by atoms with van der Waals surface area (Å²) < 4.78 is 2.45. The Morgan fingerprint density at radius 3 is 2.62 bits per heavy atom. The van der Waals surface area contributed by atoms with Crippen molar-refractivity contribution < 1.29 is 0 Å². The quantitative estimate of drug-likeness (QED) is 0.186. The van der Waals surface area contributed by atoms with Crippen molar-refractivity contribution in [2.75, 3.05) is 18.0 Å². The molecule has 3 aliphatic heterocycles. The van der Waals surface area contributed by atoms with E-state index < -0.39 is 0 Å². The Morgan fingerprint density at radius 1 is 0.768 bits per heavy atom. The Hall–Kier alpha value is -5.88. The van der Waals surface area contributed by atoms with Crippen molar-refractivity contribution >= 4 is 45.7 Å². The number of dihydropyridines is 2. The van der Waals surface area contributed by atoms with Gasteiger partial charge in [-0.05, 0) is 133 Å². The van der Waals surface area contributed by atoms with Crippen LogP contribution in [0.15, 0.2) is 166 Å². The number of aromatic nitrogens is 3. The van der Waals surface area contributed by atoms with Crippen LogP contribution in [0.25, 0.3) is 27.6 Å². The second-order valence-electron chi connectivity index (χ2n) is 16.2. The Bertz CT molecular complexity index is 2610. The molecule has 4 aromatic rings. The molecule has 0 fully saturated rings. The molecule has 6 heterocycles. The molecule has 0 bridgehead atoms. The third kappa shape index (κ3) is 5.77. The molecule has 1 aromatic carbocycles. The van der Waals surface area contributed by atoms with Crippen LogP contribution in [0.1, 0.15) is 68.0 Å². The Labute approximate surface area is 328 Å². The van der Waals surface area contributed by atoms with Gasteiger partial charge in [-0.15, -0.1) is 0 Å². The van der Waals surface area contributed by atoms with Crippen LogP contribution >= 0.6 is 0 Å². The summed E-state index contributed by atoms with van der Waals surface area (Å²) in [5, 5.41) is 1.23. The molecule has 0 radical (unpaired) electrons. The summed E-state index contributed by atoms with van der Waals surface area (Å²) in [5.74, 6) is 1.68. The number of rotatable bonds is 6. The van der Waals surface area contributed by atoms with Crippen LogP contribution < -0.4 is 4.90 Å². The van der Waals surface area contributed by atoms with Crippen molar-refractivity contribution in [2.45, 2.75) is 62.8 Å². The highest BCUT2D eigenvalue weighted by atomic mass is 15.2. The number of aliphatic imine (C=N–C) groups is 2. The summed E-state index contributed by atoms with van der Waals surface area (Å²) in [4.78, 5) is 21.7. The number of anilines is 1. The first kappa shape index (κ1) is 33.5. The number of hydrogen-bond donors (Lipinski definition) is 0. The molecule has 276 valence electrons. The topological polar surface area (TPSA) is 58.7 Å². The van der Waals surface area contributed by atoms with Gasteiger partial charge in [0.05, 0.1) is 34.0 Å². The molecule has 3 aromatic heterocycles. The van der Waals surface area contributed by atoms with Crippen LogP contribution in [0.2, 0.25) is 0 Å². The lowest BCUT2D eigenvalue weighted by Crippen LogP contribution is -2.33. The fraction of sp³-hybridized carbons (Fsp3) is 0.280. The normalized spacial score (nSPS) is 26.7. The minimum atomic E-state index is 0.182. The Morgan fingerprint density at radius 2 is 1.70 bits per heavy atom. The maximum Gasteiger partial charge on any atom is 0.0963 e. The van der Waals surface area contributed by atoms with E-state index in [-0.39, 0.29) is 12.0 Å². The van der Waals surface area contributed by atoms with Crippen molar-refractivity contribution in [3.8, 4) is 0 Å². The van der Waals surface area contributed by atoms with Gasteiger partial charge in [0.25, 0.3) is 0 Å². The molecule has 4 aliphatic carbocycles. The van der Waals surface area contributed by atoms with Gasteiger partial charge in [0, 0.05) is 66.5 Å². The van der Waals surface area contributed by atoms with E-state index >= 15 is 0 Å². The number of hydrogen-bond acceptors (Lipinski definition) is 5. The average molecular weight is 731 g/mol. The van der Waals surface area contributed by atoms with Gasteiger partial charge in [-0.25, -0.2) is 0 Å². The van der Waals surface area contributed by atoms with E-state index in [2.05, 4.69) is 141 Å². The number of fused-ring (bicyclic) bond motifs is 6. The standard InChI is InChI=1S/C50H46N6/c1-8-33(26-35(10-1)39-12-4-22-51-31-39)37-18-20-45-43(28-37)49-47(16-6-24-53-49)55(45)41-14-3-15-42(30-41)56-46-21-19-38(29-44(46)50-48(56)17-7-25-54-50)34-9-2-11-36(27-34)40-13-5-23-52-32-40/h1,4,6-7,9-10,12-14,16-22,24-25,27-30,32-33,35,39,44,46H,2-3,5,8,11,15,23,26,31H2. The van der Waals surface area contributed by atoms with Gasteiger partial charge in [-0.3, -0.25) is 20.0 Å². The summed E-state index contributed by atoms with van der Waals surface area (Å²) in [7, 11) is 0. The van der Waals surface area contributed by atoms with Crippen molar-refractivity contribution in [1.82, 2.24) is 14.5 Å². The highest BCUT2D eigenvalue weighted by Gasteiger charge is 2.40. The number of nitrogens with zero attached hydrogens (tertiary/aromatic N) is 6. The molecule has 5 unspecified atom stereocenters. The van der Waals surface area contributed by atoms with Gasteiger partial charge in [-0.1, -0.05) is 66.8 Å². The first-order valence-electron chi connectivity index (χ1n) is 20.7. The molecule has 5 atom stereocenters. The van der Waals surface area contributed by atoms with Crippen molar-refractivity contribution in [3.05, 3.63) is 167 Å². The molecular weight excluding hydrogens is 685 g/mol. The first-order chi connectivity index (χ1) is 27.8. The highest BCUT2D eigenvalue weighted by Crippen LogP contribution is 2.48. The first-order valence-corrected chi connectivity index (χ1v) is 20.7. The van der Waals surface area contributed by atoms with E-state index in [9.17, 15) is 0 Å². The van der Waals surface area contributed by atoms with Crippen LogP contribution in [-0.4, -0.2) is 46.1 Å². The second-order valence-corrected chi connectivity index (χ2v) is 16.2. The molecule has 0 saturated heterocycles. The Balaban J connectivity index is 0.920. The second kappa shape index (κ2) is 14.0. The summed E-state index contributed by atoms with van der Waals surface area (Å²) in [6.07, 6.45) is 43.8. The molecule has 7 aliphatic rings. The fourth-order valence-electron chi connectivity index (χ4n) is 10.3. The zero-order chi connectivity index (χ0) is 37.0. The van der Waals surface area contributed by atoms with Gasteiger partial charge in [0.1, 0.15) is 0 Å². The van der Waals surface area contributed by atoms with Gasteiger partial charge in [0.2, 0.25) is 0 Å².